The molecule has 0 aliphatic carbocycles. The van der Waals surface area contributed by atoms with Gasteiger partial charge in [-0.15, -0.1) is 0 Å². The summed E-state index contributed by atoms with van der Waals surface area (Å²) in [4.78, 5) is 8.17. The van der Waals surface area contributed by atoms with Gasteiger partial charge in [0.25, 0.3) is 0 Å². The van der Waals surface area contributed by atoms with Crippen LogP contribution in [0.2, 0.25) is 5.15 Å². The zero-order valence-electron chi connectivity index (χ0n) is 9.37. The lowest BCUT2D eigenvalue weighted by Gasteiger charge is -2.08. The summed E-state index contributed by atoms with van der Waals surface area (Å²) in [6.45, 7) is 1.72. The van der Waals surface area contributed by atoms with Crippen molar-refractivity contribution in [1.82, 2.24) is 9.97 Å². The number of hydrogen-bond acceptors (Lipinski definition) is 3. The molecular formula is C12H10ClFN2O. The van der Waals surface area contributed by atoms with Crippen molar-refractivity contribution in [1.29, 1.82) is 0 Å². The van der Waals surface area contributed by atoms with Crippen molar-refractivity contribution >= 4 is 11.6 Å². The predicted octanol–water partition coefficient (Wildman–Crippen LogP) is 3.25. The van der Waals surface area contributed by atoms with Crippen molar-refractivity contribution in [2.75, 3.05) is 7.11 Å². The molecular weight excluding hydrogens is 243 g/mol. The lowest BCUT2D eigenvalue weighted by atomic mass is 10.1. The topological polar surface area (TPSA) is 35.0 Å². The summed E-state index contributed by atoms with van der Waals surface area (Å²) in [5.74, 6) is 0.715. The highest BCUT2D eigenvalue weighted by Crippen LogP contribution is 2.30. The molecule has 0 fully saturated rings. The third-order valence-electron chi connectivity index (χ3n) is 2.24. The molecule has 0 amide bonds. The Labute approximate surface area is 103 Å². The number of benzene rings is 1. The van der Waals surface area contributed by atoms with Crippen LogP contribution in [0.3, 0.4) is 0 Å². The largest absolute Gasteiger partial charge is 0.496 e. The van der Waals surface area contributed by atoms with Crippen molar-refractivity contribution < 1.29 is 9.13 Å². The van der Waals surface area contributed by atoms with Crippen LogP contribution in [0.5, 0.6) is 5.75 Å². The van der Waals surface area contributed by atoms with Gasteiger partial charge in [0.15, 0.2) is 0 Å². The molecule has 0 N–H and O–H groups in total. The molecule has 88 valence electrons. The van der Waals surface area contributed by atoms with E-state index in [1.165, 1.54) is 19.2 Å². The highest BCUT2D eigenvalue weighted by Gasteiger charge is 2.10. The van der Waals surface area contributed by atoms with Crippen LogP contribution in [0, 0.1) is 12.7 Å². The van der Waals surface area contributed by atoms with Gasteiger partial charge in [0, 0.05) is 11.6 Å². The predicted molar refractivity (Wildman–Crippen MR) is 63.7 cm³/mol. The van der Waals surface area contributed by atoms with E-state index in [0.717, 1.165) is 0 Å². The molecule has 0 spiro atoms. The second-order valence-electron chi connectivity index (χ2n) is 3.47. The van der Waals surface area contributed by atoms with Crippen molar-refractivity contribution in [3.05, 3.63) is 41.1 Å². The van der Waals surface area contributed by atoms with Crippen molar-refractivity contribution in [3.63, 3.8) is 0 Å². The van der Waals surface area contributed by atoms with Gasteiger partial charge in [-0.25, -0.2) is 14.4 Å². The standard InChI is InChI=1S/C12H10ClFN2O/c1-7-15-10(6-12(13)16-7)9-5-8(14)3-4-11(9)17-2/h3-6H,1-2H3. The van der Waals surface area contributed by atoms with Gasteiger partial charge < -0.3 is 4.74 Å². The molecule has 0 atom stereocenters. The summed E-state index contributed by atoms with van der Waals surface area (Å²) >= 11 is 5.85. The third-order valence-corrected chi connectivity index (χ3v) is 2.44. The molecule has 3 nitrogen and oxygen atoms in total. The first-order valence-corrected chi connectivity index (χ1v) is 5.33. The van der Waals surface area contributed by atoms with Gasteiger partial charge in [-0.1, -0.05) is 11.6 Å². The number of aryl methyl sites for hydroxylation is 1. The number of methoxy groups -OCH3 is 1. The van der Waals surface area contributed by atoms with Crippen LogP contribution in [0.15, 0.2) is 24.3 Å². The summed E-state index contributed by atoms with van der Waals surface area (Å²) < 4.78 is 18.4. The van der Waals surface area contributed by atoms with Gasteiger partial charge in [0.2, 0.25) is 0 Å². The Balaban J connectivity index is 2.62. The maximum atomic E-state index is 13.2. The molecule has 5 heteroatoms. The van der Waals surface area contributed by atoms with E-state index in [9.17, 15) is 4.39 Å². The van der Waals surface area contributed by atoms with Crippen LogP contribution in [0.1, 0.15) is 5.82 Å². The molecule has 0 saturated carbocycles. The monoisotopic (exact) mass is 252 g/mol. The van der Waals surface area contributed by atoms with Gasteiger partial charge in [0.05, 0.1) is 12.8 Å². The Morgan fingerprint density at radius 2 is 2.00 bits per heavy atom. The molecule has 1 aromatic heterocycles. The van der Waals surface area contributed by atoms with E-state index < -0.39 is 0 Å². The summed E-state index contributed by atoms with van der Waals surface area (Å²) in [7, 11) is 1.52. The van der Waals surface area contributed by atoms with Crippen LogP contribution in [-0.2, 0) is 0 Å². The van der Waals surface area contributed by atoms with Crippen LogP contribution in [-0.4, -0.2) is 17.1 Å². The van der Waals surface area contributed by atoms with E-state index in [1.54, 1.807) is 19.1 Å². The lowest BCUT2D eigenvalue weighted by Crippen LogP contribution is -1.95. The van der Waals surface area contributed by atoms with Crippen LogP contribution < -0.4 is 4.74 Å². The van der Waals surface area contributed by atoms with Gasteiger partial charge in [-0.2, -0.15) is 0 Å². The van der Waals surface area contributed by atoms with Crippen molar-refractivity contribution in [2.45, 2.75) is 6.92 Å². The molecule has 0 unspecified atom stereocenters. The van der Waals surface area contributed by atoms with E-state index >= 15 is 0 Å². The quantitative estimate of drug-likeness (QED) is 0.770. The molecule has 17 heavy (non-hydrogen) atoms. The summed E-state index contributed by atoms with van der Waals surface area (Å²) in [6, 6.07) is 5.82. The summed E-state index contributed by atoms with van der Waals surface area (Å²) in [6.07, 6.45) is 0. The number of rotatable bonds is 2. The van der Waals surface area contributed by atoms with E-state index in [0.29, 0.717) is 28.0 Å². The van der Waals surface area contributed by atoms with Crippen LogP contribution in [0.25, 0.3) is 11.3 Å². The number of nitrogens with zero attached hydrogens (tertiary/aromatic N) is 2. The number of ether oxygens (including phenoxy) is 1. The molecule has 0 aliphatic rings. The fourth-order valence-electron chi connectivity index (χ4n) is 1.55. The zero-order chi connectivity index (χ0) is 12.4. The minimum atomic E-state index is -0.354. The van der Waals surface area contributed by atoms with Crippen molar-refractivity contribution in [3.8, 4) is 17.0 Å². The molecule has 2 rings (SSSR count). The van der Waals surface area contributed by atoms with Crippen LogP contribution in [0.4, 0.5) is 4.39 Å². The highest BCUT2D eigenvalue weighted by atomic mass is 35.5. The second-order valence-corrected chi connectivity index (χ2v) is 3.85. The maximum Gasteiger partial charge on any atom is 0.133 e. The molecule has 1 heterocycles. The van der Waals surface area contributed by atoms with E-state index in [-0.39, 0.29) is 5.82 Å². The molecule has 1 aromatic carbocycles. The number of halogens is 2. The Morgan fingerprint density at radius 3 is 2.65 bits per heavy atom. The normalized spacial score (nSPS) is 10.4. The van der Waals surface area contributed by atoms with Gasteiger partial charge in [-0.05, 0) is 25.1 Å². The van der Waals surface area contributed by atoms with E-state index in [1.807, 2.05) is 0 Å². The smallest absolute Gasteiger partial charge is 0.133 e. The summed E-state index contributed by atoms with van der Waals surface area (Å²) in [5, 5.41) is 0.318. The first kappa shape index (κ1) is 11.8. The molecule has 0 aliphatic heterocycles. The minimum Gasteiger partial charge on any atom is -0.496 e. The summed E-state index contributed by atoms with van der Waals surface area (Å²) in [5.41, 5.74) is 1.10. The Morgan fingerprint density at radius 1 is 1.24 bits per heavy atom. The lowest BCUT2D eigenvalue weighted by molar-refractivity contribution is 0.415. The number of aromatic nitrogens is 2. The van der Waals surface area contributed by atoms with Gasteiger partial charge in [-0.3, -0.25) is 0 Å². The molecule has 2 aromatic rings. The minimum absolute atomic E-state index is 0.318. The highest BCUT2D eigenvalue weighted by molar-refractivity contribution is 6.29. The maximum absolute atomic E-state index is 13.2. The fraction of sp³-hybridized carbons (Fsp3) is 0.167. The Bertz CT molecular complexity index is 540. The SMILES string of the molecule is COc1ccc(F)cc1-c1cc(Cl)nc(C)n1. The van der Waals surface area contributed by atoms with E-state index in [4.69, 9.17) is 16.3 Å². The molecule has 0 radical (unpaired) electrons. The number of hydrogen-bond donors (Lipinski definition) is 0. The Kier molecular flexibility index (Phi) is 3.24. The molecule has 0 bridgehead atoms. The average Bonchev–Trinajstić information content (AvgIpc) is 2.27. The first-order chi connectivity index (χ1) is 8.10. The average molecular weight is 253 g/mol. The Hall–Kier alpha value is -1.68. The fourth-order valence-corrected chi connectivity index (χ4v) is 1.78. The second kappa shape index (κ2) is 4.67. The first-order valence-electron chi connectivity index (χ1n) is 4.95. The van der Waals surface area contributed by atoms with E-state index in [2.05, 4.69) is 9.97 Å². The zero-order valence-corrected chi connectivity index (χ0v) is 10.1. The van der Waals surface area contributed by atoms with Crippen molar-refractivity contribution in [2.24, 2.45) is 0 Å². The molecule has 0 saturated heterocycles. The third kappa shape index (κ3) is 2.53. The van der Waals surface area contributed by atoms with Gasteiger partial charge >= 0.3 is 0 Å². The van der Waals surface area contributed by atoms with Gasteiger partial charge in [0.1, 0.15) is 22.5 Å². The van der Waals surface area contributed by atoms with Crippen LogP contribution >= 0.6 is 11.6 Å².